The fourth-order valence-corrected chi connectivity index (χ4v) is 9.07. The van der Waals surface area contributed by atoms with Crippen LogP contribution in [0.1, 0.15) is 22.3 Å². The van der Waals surface area contributed by atoms with Gasteiger partial charge in [-0.3, -0.25) is 0 Å². The van der Waals surface area contributed by atoms with E-state index in [1.807, 2.05) is 11.3 Å². The molecule has 0 N–H and O–H groups in total. The largest absolute Gasteiger partial charge is 0.457 e. The Bertz CT molecular complexity index is 2430. The fourth-order valence-electron chi connectivity index (χ4n) is 7.93. The van der Waals surface area contributed by atoms with Gasteiger partial charge in [-0.05, 0) is 65.2 Å². The van der Waals surface area contributed by atoms with Crippen molar-refractivity contribution in [3.63, 3.8) is 0 Å². The Morgan fingerprint density at radius 2 is 1.09 bits per heavy atom. The van der Waals surface area contributed by atoms with Crippen LogP contribution in [-0.4, -0.2) is 0 Å². The van der Waals surface area contributed by atoms with Crippen molar-refractivity contribution in [2.24, 2.45) is 0 Å². The van der Waals surface area contributed by atoms with Crippen LogP contribution >= 0.6 is 11.3 Å². The van der Waals surface area contributed by atoms with Crippen LogP contribution < -0.4 is 9.64 Å². The Kier molecular flexibility index (Phi) is 5.40. The minimum absolute atomic E-state index is 0.509. The molecule has 0 saturated heterocycles. The summed E-state index contributed by atoms with van der Waals surface area (Å²) in [4.78, 5) is 2.44. The maximum absolute atomic E-state index is 6.57. The van der Waals surface area contributed by atoms with Crippen LogP contribution in [0.4, 0.5) is 17.1 Å². The van der Waals surface area contributed by atoms with E-state index >= 15 is 0 Å². The van der Waals surface area contributed by atoms with Crippen molar-refractivity contribution in [2.45, 2.75) is 5.41 Å². The zero-order chi connectivity index (χ0) is 30.2. The molecule has 3 heteroatoms. The maximum Gasteiger partial charge on any atom is 0.132 e. The fraction of sp³-hybridized carbons (Fsp3) is 0.0233. The summed E-state index contributed by atoms with van der Waals surface area (Å²) in [5, 5.41) is 2.61. The summed E-state index contributed by atoms with van der Waals surface area (Å²) in [6, 6.07) is 59.3. The predicted molar refractivity (Wildman–Crippen MR) is 191 cm³/mol. The van der Waals surface area contributed by atoms with E-state index in [1.54, 1.807) is 0 Å². The molecule has 0 bridgehead atoms. The summed E-state index contributed by atoms with van der Waals surface area (Å²) in [6.07, 6.45) is 0. The Hall–Kier alpha value is -5.64. The molecule has 10 rings (SSSR count). The highest BCUT2D eigenvalue weighted by molar-refractivity contribution is 7.25. The van der Waals surface area contributed by atoms with Gasteiger partial charge in [0.2, 0.25) is 0 Å². The number of fused-ring (bicyclic) bond motifs is 12. The Balaban J connectivity index is 1.29. The van der Waals surface area contributed by atoms with Gasteiger partial charge in [-0.2, -0.15) is 0 Å². The van der Waals surface area contributed by atoms with E-state index in [0.29, 0.717) is 0 Å². The van der Waals surface area contributed by atoms with Gasteiger partial charge in [0.1, 0.15) is 11.5 Å². The van der Waals surface area contributed by atoms with E-state index in [4.69, 9.17) is 4.74 Å². The average molecular weight is 606 g/mol. The van der Waals surface area contributed by atoms with Crippen molar-refractivity contribution in [1.82, 2.24) is 0 Å². The van der Waals surface area contributed by atoms with Gasteiger partial charge in [-0.1, -0.05) is 115 Å². The van der Waals surface area contributed by atoms with E-state index in [0.717, 1.165) is 28.6 Å². The molecule has 1 spiro atoms. The third-order valence-corrected chi connectivity index (χ3v) is 10.9. The van der Waals surface area contributed by atoms with E-state index in [-0.39, 0.29) is 0 Å². The lowest BCUT2D eigenvalue weighted by atomic mass is 9.66. The summed E-state index contributed by atoms with van der Waals surface area (Å²) in [7, 11) is 0. The summed E-state index contributed by atoms with van der Waals surface area (Å²) in [6.45, 7) is 0. The first-order valence-corrected chi connectivity index (χ1v) is 16.5. The van der Waals surface area contributed by atoms with Gasteiger partial charge in [0, 0.05) is 48.2 Å². The topological polar surface area (TPSA) is 12.5 Å². The molecule has 1 aromatic heterocycles. The van der Waals surface area contributed by atoms with Crippen molar-refractivity contribution < 1.29 is 4.74 Å². The lowest BCUT2D eigenvalue weighted by Crippen LogP contribution is -2.32. The number of rotatable bonds is 3. The van der Waals surface area contributed by atoms with Gasteiger partial charge in [-0.25, -0.2) is 0 Å². The van der Waals surface area contributed by atoms with Crippen LogP contribution in [0.25, 0.3) is 31.3 Å². The molecule has 0 radical (unpaired) electrons. The third-order valence-electron chi connectivity index (χ3n) is 9.72. The van der Waals surface area contributed by atoms with E-state index in [1.165, 1.54) is 53.6 Å². The van der Waals surface area contributed by atoms with Crippen LogP contribution in [0.5, 0.6) is 11.5 Å². The molecule has 0 amide bonds. The molecule has 8 aromatic rings. The van der Waals surface area contributed by atoms with Crippen LogP contribution in [0, 0.1) is 0 Å². The second-order valence-electron chi connectivity index (χ2n) is 12.0. The highest BCUT2D eigenvalue weighted by Crippen LogP contribution is 2.64. The van der Waals surface area contributed by atoms with Gasteiger partial charge >= 0.3 is 0 Å². The lowest BCUT2D eigenvalue weighted by Gasteiger charge is -2.39. The molecular formula is C43H27NOS. The lowest BCUT2D eigenvalue weighted by molar-refractivity contribution is 0.436. The Morgan fingerprint density at radius 3 is 1.89 bits per heavy atom. The molecule has 0 unspecified atom stereocenters. The van der Waals surface area contributed by atoms with E-state index in [9.17, 15) is 0 Å². The molecule has 2 nitrogen and oxygen atoms in total. The van der Waals surface area contributed by atoms with Crippen molar-refractivity contribution >= 4 is 48.6 Å². The van der Waals surface area contributed by atoms with Crippen LogP contribution in [-0.2, 0) is 5.41 Å². The SMILES string of the molecule is c1ccc(N(c2ccc3c(c2)sc2ccccc23)c2cccc3c2-c2ccccc2C32c3ccccc3Oc3ccccc32)cc1. The first kappa shape index (κ1) is 25.7. The Labute approximate surface area is 271 Å². The number of hydrogen-bond acceptors (Lipinski definition) is 3. The summed E-state index contributed by atoms with van der Waals surface area (Å²) in [5.74, 6) is 1.81. The minimum atomic E-state index is -0.509. The van der Waals surface area contributed by atoms with Gasteiger partial charge in [0.25, 0.3) is 0 Å². The number of anilines is 3. The van der Waals surface area contributed by atoms with Gasteiger partial charge in [0.05, 0.1) is 11.1 Å². The molecule has 0 atom stereocenters. The highest BCUT2D eigenvalue weighted by atomic mass is 32.1. The van der Waals surface area contributed by atoms with Crippen molar-refractivity contribution in [3.8, 4) is 22.6 Å². The molecule has 216 valence electrons. The first-order chi connectivity index (χ1) is 22.8. The number of ether oxygens (including phenoxy) is 1. The smallest absolute Gasteiger partial charge is 0.132 e. The van der Waals surface area contributed by atoms with Crippen LogP contribution in [0.3, 0.4) is 0 Å². The standard InChI is InChI=1S/C43H27NOS/c1-2-13-28(14-3-1)44(29-25-26-31-30-15-5-11-24-40(30)46-41(31)27-29)37-21-12-20-36-42(37)32-16-4-6-17-33(32)43(36)34-18-7-9-22-38(34)45-39-23-10-8-19-35(39)43/h1-27H. The molecule has 46 heavy (non-hydrogen) atoms. The average Bonchev–Trinajstić information content (AvgIpc) is 3.63. The summed E-state index contributed by atoms with van der Waals surface area (Å²) in [5.41, 5.74) is 10.3. The number of benzene rings is 7. The number of nitrogens with zero attached hydrogens (tertiary/aromatic N) is 1. The molecule has 1 aliphatic carbocycles. The molecule has 1 aliphatic heterocycles. The van der Waals surface area contributed by atoms with Gasteiger partial charge in [0.15, 0.2) is 0 Å². The van der Waals surface area contributed by atoms with E-state index in [2.05, 4.69) is 169 Å². The zero-order valence-electron chi connectivity index (χ0n) is 24.9. The molecule has 0 fully saturated rings. The van der Waals surface area contributed by atoms with Crippen molar-refractivity contribution in [1.29, 1.82) is 0 Å². The second kappa shape index (κ2) is 9.68. The second-order valence-corrected chi connectivity index (χ2v) is 13.1. The van der Waals surface area contributed by atoms with E-state index < -0.39 is 5.41 Å². The van der Waals surface area contributed by atoms with Crippen LogP contribution in [0.2, 0.25) is 0 Å². The number of para-hydroxylation sites is 3. The number of hydrogen-bond donors (Lipinski definition) is 0. The number of thiophene rings is 1. The van der Waals surface area contributed by atoms with Crippen molar-refractivity contribution in [2.75, 3.05) is 4.90 Å². The monoisotopic (exact) mass is 605 g/mol. The maximum atomic E-state index is 6.57. The molecule has 2 aliphatic rings. The normalized spacial score (nSPS) is 13.6. The highest BCUT2D eigenvalue weighted by Gasteiger charge is 2.51. The summed E-state index contributed by atoms with van der Waals surface area (Å²) < 4.78 is 9.17. The minimum Gasteiger partial charge on any atom is -0.457 e. The van der Waals surface area contributed by atoms with Gasteiger partial charge in [-0.15, -0.1) is 11.3 Å². The zero-order valence-corrected chi connectivity index (χ0v) is 25.7. The predicted octanol–water partition coefficient (Wildman–Crippen LogP) is 12.0. The van der Waals surface area contributed by atoms with Gasteiger partial charge < -0.3 is 9.64 Å². The molecular weight excluding hydrogens is 579 g/mol. The van der Waals surface area contributed by atoms with Crippen LogP contribution in [0.15, 0.2) is 164 Å². The molecule has 7 aromatic carbocycles. The first-order valence-electron chi connectivity index (χ1n) is 15.7. The molecule has 2 heterocycles. The molecule has 0 saturated carbocycles. The third kappa shape index (κ3) is 3.41. The summed E-state index contributed by atoms with van der Waals surface area (Å²) >= 11 is 1.86. The Morgan fingerprint density at radius 1 is 0.457 bits per heavy atom. The quantitative estimate of drug-likeness (QED) is 0.199. The van der Waals surface area contributed by atoms with Crippen molar-refractivity contribution in [3.05, 3.63) is 186 Å².